The molecule has 8 heteroatoms. The Balaban J connectivity index is 2.35. The minimum Gasteiger partial charge on any atom is -0.354 e. The molecule has 0 fully saturated rings. The van der Waals surface area contributed by atoms with Crippen LogP contribution in [0.1, 0.15) is 37.8 Å². The summed E-state index contributed by atoms with van der Waals surface area (Å²) in [4.78, 5) is 27.6. The summed E-state index contributed by atoms with van der Waals surface area (Å²) in [5, 5.41) is 4.72. The second-order valence-corrected chi connectivity index (χ2v) is 8.57. The molecular formula is C22H24Cl4N2O2. The van der Waals surface area contributed by atoms with Gasteiger partial charge in [-0.05, 0) is 48.2 Å². The molecule has 30 heavy (non-hydrogen) atoms. The van der Waals surface area contributed by atoms with Crippen LogP contribution in [0.25, 0.3) is 0 Å². The van der Waals surface area contributed by atoms with E-state index >= 15 is 0 Å². The molecule has 1 N–H and O–H groups in total. The van der Waals surface area contributed by atoms with Crippen LogP contribution < -0.4 is 5.32 Å². The largest absolute Gasteiger partial charge is 0.354 e. The zero-order chi connectivity index (χ0) is 22.3. The molecule has 0 aliphatic heterocycles. The number of nitrogens with zero attached hydrogens (tertiary/aromatic N) is 1. The van der Waals surface area contributed by atoms with Crippen molar-refractivity contribution in [2.75, 3.05) is 6.54 Å². The Labute approximate surface area is 197 Å². The highest BCUT2D eigenvalue weighted by Gasteiger charge is 2.29. The van der Waals surface area contributed by atoms with Crippen molar-refractivity contribution in [3.05, 3.63) is 67.6 Å². The van der Waals surface area contributed by atoms with Gasteiger partial charge in [0.1, 0.15) is 6.04 Å². The third-order valence-electron chi connectivity index (χ3n) is 4.65. The van der Waals surface area contributed by atoms with E-state index in [0.29, 0.717) is 44.2 Å². The van der Waals surface area contributed by atoms with Crippen LogP contribution in [0.3, 0.4) is 0 Å². The first kappa shape index (κ1) is 24.8. The maximum Gasteiger partial charge on any atom is 0.242 e. The third kappa shape index (κ3) is 6.78. The van der Waals surface area contributed by atoms with E-state index in [-0.39, 0.29) is 24.8 Å². The molecule has 0 unspecified atom stereocenters. The van der Waals surface area contributed by atoms with Crippen LogP contribution in [0.15, 0.2) is 36.4 Å². The lowest BCUT2D eigenvalue weighted by molar-refractivity contribution is -0.140. The maximum absolute atomic E-state index is 13.3. The van der Waals surface area contributed by atoms with Gasteiger partial charge in [0, 0.05) is 33.2 Å². The van der Waals surface area contributed by atoms with Gasteiger partial charge in [-0.15, -0.1) is 0 Å². The molecule has 4 nitrogen and oxygen atoms in total. The van der Waals surface area contributed by atoms with Gasteiger partial charge in [0.2, 0.25) is 11.8 Å². The van der Waals surface area contributed by atoms with E-state index < -0.39 is 6.04 Å². The SMILES string of the molecule is CCCNC(=O)[C@H](CC)N(Cc1ccc(Cl)cc1Cl)C(=O)Cc1ccc(Cl)cc1Cl. The molecule has 2 aromatic carbocycles. The van der Waals surface area contributed by atoms with Crippen molar-refractivity contribution < 1.29 is 9.59 Å². The average Bonchev–Trinajstić information content (AvgIpc) is 2.69. The van der Waals surface area contributed by atoms with Gasteiger partial charge in [-0.1, -0.05) is 72.4 Å². The lowest BCUT2D eigenvalue weighted by Gasteiger charge is -2.31. The van der Waals surface area contributed by atoms with Crippen LogP contribution in [-0.4, -0.2) is 29.3 Å². The number of hydrogen-bond acceptors (Lipinski definition) is 2. The monoisotopic (exact) mass is 488 g/mol. The predicted molar refractivity (Wildman–Crippen MR) is 125 cm³/mol. The average molecular weight is 490 g/mol. The molecule has 0 bridgehead atoms. The molecule has 0 saturated carbocycles. The second kappa shape index (κ2) is 11.8. The zero-order valence-electron chi connectivity index (χ0n) is 16.9. The maximum atomic E-state index is 13.3. The Kier molecular flexibility index (Phi) is 9.76. The smallest absolute Gasteiger partial charge is 0.242 e. The molecule has 2 rings (SSSR count). The Bertz CT molecular complexity index is 905. The Morgan fingerprint density at radius 1 is 0.933 bits per heavy atom. The summed E-state index contributed by atoms with van der Waals surface area (Å²) < 4.78 is 0. The van der Waals surface area contributed by atoms with Crippen molar-refractivity contribution in [2.45, 2.75) is 45.7 Å². The van der Waals surface area contributed by atoms with Gasteiger partial charge in [-0.25, -0.2) is 0 Å². The summed E-state index contributed by atoms with van der Waals surface area (Å²) in [6, 6.07) is 9.45. The molecule has 2 amide bonds. The lowest BCUT2D eigenvalue weighted by Crippen LogP contribution is -2.49. The normalized spacial score (nSPS) is 11.8. The fourth-order valence-corrected chi connectivity index (χ4v) is 3.99. The van der Waals surface area contributed by atoms with Gasteiger partial charge in [0.05, 0.1) is 6.42 Å². The molecule has 0 heterocycles. The van der Waals surface area contributed by atoms with Crippen LogP contribution in [0.5, 0.6) is 0 Å². The fourth-order valence-electron chi connectivity index (χ4n) is 3.05. The molecule has 0 spiro atoms. The first-order valence-corrected chi connectivity index (χ1v) is 11.2. The summed E-state index contributed by atoms with van der Waals surface area (Å²) in [5.41, 5.74) is 1.35. The Morgan fingerprint density at radius 2 is 1.50 bits per heavy atom. The van der Waals surface area contributed by atoms with Gasteiger partial charge in [-0.3, -0.25) is 9.59 Å². The summed E-state index contributed by atoms with van der Waals surface area (Å²) in [6.45, 7) is 4.57. The van der Waals surface area contributed by atoms with E-state index in [2.05, 4.69) is 5.32 Å². The summed E-state index contributed by atoms with van der Waals surface area (Å²) in [6.07, 6.45) is 1.30. The molecule has 0 radical (unpaired) electrons. The number of hydrogen-bond donors (Lipinski definition) is 1. The molecule has 2 aromatic rings. The van der Waals surface area contributed by atoms with Gasteiger partial charge in [0.25, 0.3) is 0 Å². The molecule has 1 atom stereocenters. The molecular weight excluding hydrogens is 466 g/mol. The highest BCUT2D eigenvalue weighted by atomic mass is 35.5. The van der Waals surface area contributed by atoms with Gasteiger partial charge < -0.3 is 10.2 Å². The van der Waals surface area contributed by atoms with Gasteiger partial charge >= 0.3 is 0 Å². The van der Waals surface area contributed by atoms with E-state index in [4.69, 9.17) is 46.4 Å². The number of amides is 2. The molecule has 162 valence electrons. The van der Waals surface area contributed by atoms with Crippen molar-refractivity contribution in [2.24, 2.45) is 0 Å². The topological polar surface area (TPSA) is 49.4 Å². The summed E-state index contributed by atoms with van der Waals surface area (Å²) in [7, 11) is 0. The minimum atomic E-state index is -0.637. The van der Waals surface area contributed by atoms with E-state index in [1.165, 1.54) is 0 Å². The van der Waals surface area contributed by atoms with Gasteiger partial charge in [-0.2, -0.15) is 0 Å². The van der Waals surface area contributed by atoms with Crippen LogP contribution in [0, 0.1) is 0 Å². The van der Waals surface area contributed by atoms with E-state index in [0.717, 1.165) is 6.42 Å². The zero-order valence-corrected chi connectivity index (χ0v) is 19.9. The van der Waals surface area contributed by atoms with Crippen molar-refractivity contribution >= 4 is 58.2 Å². The van der Waals surface area contributed by atoms with Gasteiger partial charge in [0.15, 0.2) is 0 Å². The second-order valence-electron chi connectivity index (χ2n) is 6.88. The van der Waals surface area contributed by atoms with E-state index in [9.17, 15) is 9.59 Å². The minimum absolute atomic E-state index is 0.0404. The molecule has 0 aliphatic rings. The quantitative estimate of drug-likeness (QED) is 0.457. The highest BCUT2D eigenvalue weighted by molar-refractivity contribution is 6.35. The first-order chi connectivity index (χ1) is 14.3. The molecule has 0 saturated heterocycles. The predicted octanol–water partition coefficient (Wildman–Crippen LogP) is 6.18. The number of benzene rings is 2. The Morgan fingerprint density at radius 3 is 2.00 bits per heavy atom. The van der Waals surface area contributed by atoms with E-state index in [1.54, 1.807) is 41.3 Å². The van der Waals surface area contributed by atoms with Crippen molar-refractivity contribution in [3.8, 4) is 0 Å². The fraction of sp³-hybridized carbons (Fsp3) is 0.364. The summed E-state index contributed by atoms with van der Waals surface area (Å²) >= 11 is 24.5. The number of rotatable bonds is 9. The Hall–Kier alpha value is -1.46. The highest BCUT2D eigenvalue weighted by Crippen LogP contribution is 2.26. The number of halogens is 4. The van der Waals surface area contributed by atoms with Crippen molar-refractivity contribution in [3.63, 3.8) is 0 Å². The van der Waals surface area contributed by atoms with Crippen LogP contribution in [0.4, 0.5) is 0 Å². The third-order valence-corrected chi connectivity index (χ3v) is 5.82. The first-order valence-electron chi connectivity index (χ1n) is 9.71. The number of carbonyl (C=O) groups excluding carboxylic acids is 2. The van der Waals surface area contributed by atoms with Crippen LogP contribution in [0.2, 0.25) is 20.1 Å². The van der Waals surface area contributed by atoms with Crippen LogP contribution in [-0.2, 0) is 22.6 Å². The van der Waals surface area contributed by atoms with E-state index in [1.807, 2.05) is 13.8 Å². The molecule has 0 aliphatic carbocycles. The van der Waals surface area contributed by atoms with Crippen molar-refractivity contribution in [1.82, 2.24) is 10.2 Å². The van der Waals surface area contributed by atoms with Crippen molar-refractivity contribution in [1.29, 1.82) is 0 Å². The van der Waals surface area contributed by atoms with Crippen LogP contribution >= 0.6 is 46.4 Å². The summed E-state index contributed by atoms with van der Waals surface area (Å²) in [5.74, 6) is -0.427. The lowest BCUT2D eigenvalue weighted by atomic mass is 10.1. The number of carbonyl (C=O) groups is 2. The molecule has 0 aromatic heterocycles. The standard InChI is InChI=1S/C22H24Cl4N2O2/c1-3-9-27-22(30)20(4-2)28(13-15-6-8-17(24)12-19(15)26)21(29)10-14-5-7-16(23)11-18(14)25/h5-8,11-12,20H,3-4,9-10,13H2,1-2H3,(H,27,30)/t20-/m0/s1. The number of nitrogens with one attached hydrogen (secondary N) is 1.